The number of primary amides is 1. The number of carbonyl (C=O) groups excluding carboxylic acids is 1. The van der Waals surface area contributed by atoms with E-state index >= 15 is 0 Å². The summed E-state index contributed by atoms with van der Waals surface area (Å²) >= 11 is 0. The second-order valence-corrected chi connectivity index (χ2v) is 2.14. The summed E-state index contributed by atoms with van der Waals surface area (Å²) in [6.45, 7) is 2.01. The third-order valence-corrected chi connectivity index (χ3v) is 1.10. The summed E-state index contributed by atoms with van der Waals surface area (Å²) in [5, 5.41) is 8.91. The molecule has 3 N–H and O–H groups in total. The molecule has 0 aliphatic heterocycles. The fourth-order valence-corrected chi connectivity index (χ4v) is 0.594. The predicted octanol–water partition coefficient (Wildman–Crippen LogP) is 1.10. The van der Waals surface area contributed by atoms with E-state index in [1.165, 1.54) is 0 Å². The van der Waals surface area contributed by atoms with E-state index < -0.39 is 5.91 Å². The zero-order valence-corrected chi connectivity index (χ0v) is 6.13. The maximum absolute atomic E-state index is 10.2. The van der Waals surface area contributed by atoms with Crippen LogP contribution in [0.2, 0.25) is 0 Å². The molecule has 58 valence electrons. The van der Waals surface area contributed by atoms with Crippen molar-refractivity contribution in [1.29, 1.82) is 0 Å². The maximum atomic E-state index is 10.2. The molecular weight excluding hydrogens is 130 g/mol. The Labute approximate surface area is 60.5 Å². The van der Waals surface area contributed by atoms with Gasteiger partial charge in [-0.15, -0.1) is 0 Å². The van der Waals surface area contributed by atoms with Crippen molar-refractivity contribution in [1.82, 2.24) is 0 Å². The van der Waals surface area contributed by atoms with Crippen molar-refractivity contribution in [3.8, 4) is 0 Å². The lowest BCUT2D eigenvalue weighted by molar-refractivity contribution is -0.113. The monoisotopic (exact) mass is 143 g/mol. The fourth-order valence-electron chi connectivity index (χ4n) is 0.594. The van der Waals surface area contributed by atoms with Gasteiger partial charge in [-0.1, -0.05) is 13.3 Å². The van der Waals surface area contributed by atoms with Crippen molar-refractivity contribution < 1.29 is 9.90 Å². The van der Waals surface area contributed by atoms with Gasteiger partial charge in [-0.25, -0.2) is 0 Å². The van der Waals surface area contributed by atoms with Crippen LogP contribution in [0.25, 0.3) is 0 Å². The highest BCUT2D eigenvalue weighted by atomic mass is 16.3. The average molecular weight is 143 g/mol. The molecule has 10 heavy (non-hydrogen) atoms. The minimum absolute atomic E-state index is 0.0781. The molecule has 0 unspecified atom stereocenters. The summed E-state index contributed by atoms with van der Waals surface area (Å²) < 4.78 is 0. The highest BCUT2D eigenvalue weighted by Gasteiger charge is 1.93. The minimum Gasteiger partial charge on any atom is -0.512 e. The number of allylic oxidation sites excluding steroid dienone is 1. The first-order valence-corrected chi connectivity index (χ1v) is 3.35. The molecular formula is C7H13NO2. The summed E-state index contributed by atoms with van der Waals surface area (Å²) in [5.41, 5.74) is 4.79. The number of hydrogen-bond acceptors (Lipinski definition) is 2. The average Bonchev–Trinajstić information content (AvgIpc) is 1.82. The Hall–Kier alpha value is -0.990. The zero-order valence-electron chi connectivity index (χ0n) is 6.13. The maximum Gasteiger partial charge on any atom is 0.244 e. The number of nitrogens with two attached hydrogens (primary N) is 1. The van der Waals surface area contributed by atoms with E-state index in [0.717, 1.165) is 18.9 Å². The Morgan fingerprint density at radius 2 is 2.30 bits per heavy atom. The van der Waals surface area contributed by atoms with Gasteiger partial charge >= 0.3 is 0 Å². The summed E-state index contributed by atoms with van der Waals surface area (Å²) in [4.78, 5) is 10.2. The van der Waals surface area contributed by atoms with E-state index in [-0.39, 0.29) is 5.76 Å². The van der Waals surface area contributed by atoms with Crippen molar-refractivity contribution in [2.24, 2.45) is 5.73 Å². The number of aliphatic hydroxyl groups is 1. The Bertz CT molecular complexity index is 141. The predicted molar refractivity (Wildman–Crippen MR) is 39.4 cm³/mol. The molecule has 3 heteroatoms. The van der Waals surface area contributed by atoms with Crippen LogP contribution in [0.1, 0.15) is 26.2 Å². The second kappa shape index (κ2) is 4.85. The molecule has 0 spiro atoms. The first kappa shape index (κ1) is 9.01. The fraction of sp³-hybridized carbons (Fsp3) is 0.571. The summed E-state index contributed by atoms with van der Waals surface area (Å²) in [5.74, 6) is -0.511. The molecule has 1 amide bonds. The van der Waals surface area contributed by atoms with E-state index in [9.17, 15) is 4.79 Å². The number of hydrogen-bond donors (Lipinski definition) is 2. The van der Waals surface area contributed by atoms with Gasteiger partial charge in [-0.05, 0) is 6.42 Å². The van der Waals surface area contributed by atoms with Gasteiger partial charge in [-0.2, -0.15) is 0 Å². The van der Waals surface area contributed by atoms with Crippen molar-refractivity contribution in [2.45, 2.75) is 26.2 Å². The standard InChI is InChI=1S/C7H13NO2/c1-2-3-4-6(9)5-7(8)10/h5,9H,2-4H2,1H3,(H2,8,10)/b6-5-. The van der Waals surface area contributed by atoms with Crippen molar-refractivity contribution in [2.75, 3.05) is 0 Å². The molecule has 3 nitrogen and oxygen atoms in total. The van der Waals surface area contributed by atoms with Crippen LogP contribution in [0.3, 0.4) is 0 Å². The molecule has 0 radical (unpaired) electrons. The summed E-state index contributed by atoms with van der Waals surface area (Å²) in [6, 6.07) is 0. The molecule has 0 aliphatic rings. The summed E-state index contributed by atoms with van der Waals surface area (Å²) in [6.07, 6.45) is 3.47. The van der Waals surface area contributed by atoms with Gasteiger partial charge in [0.25, 0.3) is 0 Å². The van der Waals surface area contributed by atoms with E-state index in [1.54, 1.807) is 0 Å². The third-order valence-electron chi connectivity index (χ3n) is 1.10. The van der Waals surface area contributed by atoms with E-state index in [4.69, 9.17) is 10.8 Å². The lowest BCUT2D eigenvalue weighted by Crippen LogP contribution is -2.07. The number of carbonyl (C=O) groups is 1. The Morgan fingerprint density at radius 1 is 1.70 bits per heavy atom. The van der Waals surface area contributed by atoms with Gasteiger partial charge in [0, 0.05) is 12.5 Å². The molecule has 0 aliphatic carbocycles. The lowest BCUT2D eigenvalue weighted by atomic mass is 10.2. The number of unbranched alkanes of at least 4 members (excludes halogenated alkanes) is 1. The van der Waals surface area contributed by atoms with Gasteiger partial charge in [0.1, 0.15) is 0 Å². The molecule has 0 heterocycles. The molecule has 0 atom stereocenters. The van der Waals surface area contributed by atoms with Crippen LogP contribution in [0.5, 0.6) is 0 Å². The van der Waals surface area contributed by atoms with Gasteiger partial charge < -0.3 is 10.8 Å². The Kier molecular flexibility index (Phi) is 4.37. The SMILES string of the molecule is CCCC/C(O)=C/C(N)=O. The van der Waals surface area contributed by atoms with Gasteiger partial charge in [0.05, 0.1) is 5.76 Å². The first-order chi connectivity index (χ1) is 4.66. The topological polar surface area (TPSA) is 63.3 Å². The highest BCUT2D eigenvalue weighted by Crippen LogP contribution is 2.02. The molecule has 0 fully saturated rings. The van der Waals surface area contributed by atoms with Gasteiger partial charge in [0.2, 0.25) is 5.91 Å². The number of amides is 1. The van der Waals surface area contributed by atoms with Crippen LogP contribution in [0.4, 0.5) is 0 Å². The van der Waals surface area contributed by atoms with E-state index in [0.29, 0.717) is 6.42 Å². The lowest BCUT2D eigenvalue weighted by Gasteiger charge is -1.94. The quantitative estimate of drug-likeness (QED) is 0.457. The molecule has 0 rings (SSSR count). The van der Waals surface area contributed by atoms with Crippen molar-refractivity contribution in [3.63, 3.8) is 0 Å². The molecule has 0 aromatic rings. The van der Waals surface area contributed by atoms with Crippen LogP contribution in [-0.2, 0) is 4.79 Å². The van der Waals surface area contributed by atoms with Gasteiger partial charge in [-0.3, -0.25) is 4.79 Å². The second-order valence-electron chi connectivity index (χ2n) is 2.14. The Morgan fingerprint density at radius 3 is 2.70 bits per heavy atom. The van der Waals surface area contributed by atoms with Crippen LogP contribution in [0, 0.1) is 0 Å². The molecule has 0 aromatic heterocycles. The third kappa shape index (κ3) is 5.15. The largest absolute Gasteiger partial charge is 0.512 e. The Balaban J connectivity index is 3.60. The molecule has 0 aromatic carbocycles. The zero-order chi connectivity index (χ0) is 7.98. The van der Waals surface area contributed by atoms with E-state index in [2.05, 4.69) is 0 Å². The van der Waals surface area contributed by atoms with Crippen LogP contribution in [0.15, 0.2) is 11.8 Å². The smallest absolute Gasteiger partial charge is 0.244 e. The van der Waals surface area contributed by atoms with Crippen LogP contribution in [-0.4, -0.2) is 11.0 Å². The van der Waals surface area contributed by atoms with Crippen LogP contribution < -0.4 is 5.73 Å². The number of rotatable bonds is 4. The van der Waals surface area contributed by atoms with E-state index in [1.807, 2.05) is 6.92 Å². The molecule has 0 saturated heterocycles. The minimum atomic E-state index is -0.589. The highest BCUT2D eigenvalue weighted by molar-refractivity contribution is 5.86. The van der Waals surface area contributed by atoms with Crippen molar-refractivity contribution in [3.05, 3.63) is 11.8 Å². The molecule has 0 bridgehead atoms. The first-order valence-electron chi connectivity index (χ1n) is 3.35. The van der Waals surface area contributed by atoms with Crippen LogP contribution >= 0.6 is 0 Å². The van der Waals surface area contributed by atoms with Crippen molar-refractivity contribution >= 4 is 5.91 Å². The summed E-state index contributed by atoms with van der Waals surface area (Å²) in [7, 11) is 0. The number of aliphatic hydroxyl groups excluding tert-OH is 1. The van der Waals surface area contributed by atoms with Gasteiger partial charge in [0.15, 0.2) is 0 Å². The normalized spacial score (nSPS) is 11.5. The molecule has 0 saturated carbocycles.